The van der Waals surface area contributed by atoms with Crippen LogP contribution in [0, 0.1) is 11.3 Å². The van der Waals surface area contributed by atoms with Gasteiger partial charge in [0.2, 0.25) is 0 Å². The third-order valence-corrected chi connectivity index (χ3v) is 5.49. The number of carbonyl (C=O) groups is 3. The zero-order chi connectivity index (χ0) is 18.7. The number of esters is 1. The number of likely N-dealkylation sites (tertiary alicyclic amines) is 1. The van der Waals surface area contributed by atoms with Crippen LogP contribution in [-0.2, 0) is 16.1 Å². The second-order valence-corrected chi connectivity index (χ2v) is 7.01. The van der Waals surface area contributed by atoms with Crippen molar-refractivity contribution >= 4 is 18.0 Å². The van der Waals surface area contributed by atoms with Gasteiger partial charge in [0, 0.05) is 19.6 Å². The maximum absolute atomic E-state index is 12.4. The smallest absolute Gasteiger partial charge is 0.338 e. The van der Waals surface area contributed by atoms with E-state index in [4.69, 9.17) is 4.74 Å². The monoisotopic (exact) mass is 360 g/mol. The Morgan fingerprint density at radius 3 is 2.65 bits per heavy atom. The number of carboxylic acids is 1. The maximum atomic E-state index is 12.4. The fraction of sp³-hybridized carbons (Fsp3) is 0.526. The number of rotatable bonds is 5. The van der Waals surface area contributed by atoms with E-state index in [2.05, 4.69) is 5.32 Å². The molecule has 0 spiro atoms. The molecule has 0 bridgehead atoms. The summed E-state index contributed by atoms with van der Waals surface area (Å²) in [5.41, 5.74) is 0.565. The van der Waals surface area contributed by atoms with Gasteiger partial charge in [-0.05, 0) is 43.4 Å². The van der Waals surface area contributed by atoms with Gasteiger partial charge in [-0.1, -0.05) is 18.6 Å². The molecule has 3 rings (SSSR count). The van der Waals surface area contributed by atoms with Gasteiger partial charge in [0.05, 0.1) is 17.6 Å². The Labute approximate surface area is 152 Å². The number of aliphatic carboxylic acids is 1. The van der Waals surface area contributed by atoms with Gasteiger partial charge < -0.3 is 20.1 Å². The number of benzene rings is 1. The zero-order valence-corrected chi connectivity index (χ0v) is 14.9. The number of urea groups is 1. The highest BCUT2D eigenvalue weighted by Gasteiger charge is 2.55. The second kappa shape index (κ2) is 7.35. The normalized spacial score (nSPS) is 24.2. The standard InChI is InChI=1S/C19H24N2O5/c1-2-26-16(22)14-7-5-13(6-8-14)10-20-18(25)21-11-15-4-3-9-19(15,12-21)17(23)24/h5-8,15H,2-4,9-12H2,1H3,(H,20,25)(H,23,24)/t15-,19+/m0/s1. The van der Waals surface area contributed by atoms with Crippen molar-refractivity contribution in [1.82, 2.24) is 10.2 Å². The number of amides is 2. The number of carbonyl (C=O) groups excluding carboxylic acids is 2. The fourth-order valence-electron chi connectivity index (χ4n) is 4.06. The quantitative estimate of drug-likeness (QED) is 0.785. The van der Waals surface area contributed by atoms with Crippen molar-refractivity contribution in [3.8, 4) is 0 Å². The lowest BCUT2D eigenvalue weighted by atomic mass is 9.81. The van der Waals surface area contributed by atoms with Crippen molar-refractivity contribution in [3.63, 3.8) is 0 Å². The first kappa shape index (κ1) is 18.2. The average Bonchev–Trinajstić information content (AvgIpc) is 3.19. The molecule has 1 saturated heterocycles. The SMILES string of the molecule is CCOC(=O)c1ccc(CNC(=O)N2C[C@@H]3CCC[C@@]3(C(=O)O)C2)cc1. The van der Waals surface area contributed by atoms with Gasteiger partial charge >= 0.3 is 18.0 Å². The van der Waals surface area contributed by atoms with Crippen LogP contribution in [0.3, 0.4) is 0 Å². The van der Waals surface area contributed by atoms with E-state index < -0.39 is 11.4 Å². The predicted octanol–water partition coefficient (Wildman–Crippen LogP) is 2.26. The number of hydrogen-bond acceptors (Lipinski definition) is 4. The van der Waals surface area contributed by atoms with Crippen molar-refractivity contribution in [3.05, 3.63) is 35.4 Å². The van der Waals surface area contributed by atoms with E-state index in [0.717, 1.165) is 18.4 Å². The molecule has 2 fully saturated rings. The molecule has 0 aromatic heterocycles. The highest BCUT2D eigenvalue weighted by molar-refractivity contribution is 5.89. The molecule has 2 amide bonds. The van der Waals surface area contributed by atoms with E-state index in [9.17, 15) is 19.5 Å². The first-order valence-electron chi connectivity index (χ1n) is 8.98. The molecular weight excluding hydrogens is 336 g/mol. The fourth-order valence-corrected chi connectivity index (χ4v) is 4.06. The summed E-state index contributed by atoms with van der Waals surface area (Å²) in [5.74, 6) is -1.11. The van der Waals surface area contributed by atoms with Gasteiger partial charge in [0.1, 0.15) is 0 Å². The van der Waals surface area contributed by atoms with Crippen LogP contribution < -0.4 is 5.32 Å². The van der Waals surface area contributed by atoms with Crippen LogP contribution in [-0.4, -0.2) is 47.7 Å². The molecule has 0 radical (unpaired) electrons. The Kier molecular flexibility index (Phi) is 5.15. The maximum Gasteiger partial charge on any atom is 0.338 e. The Hall–Kier alpha value is -2.57. The first-order chi connectivity index (χ1) is 12.5. The third-order valence-electron chi connectivity index (χ3n) is 5.49. The van der Waals surface area contributed by atoms with Crippen LogP contribution >= 0.6 is 0 Å². The average molecular weight is 360 g/mol. The lowest BCUT2D eigenvalue weighted by Crippen LogP contribution is -2.41. The minimum absolute atomic E-state index is 0.0506. The van der Waals surface area contributed by atoms with E-state index in [1.54, 1.807) is 36.1 Å². The molecule has 2 aliphatic rings. The molecular formula is C19H24N2O5. The van der Waals surface area contributed by atoms with Gasteiger partial charge in [-0.3, -0.25) is 4.79 Å². The van der Waals surface area contributed by atoms with Gasteiger partial charge in [-0.15, -0.1) is 0 Å². The lowest BCUT2D eigenvalue weighted by Gasteiger charge is -2.23. The molecule has 2 N–H and O–H groups in total. The van der Waals surface area contributed by atoms with Crippen molar-refractivity contribution in [1.29, 1.82) is 0 Å². The zero-order valence-electron chi connectivity index (χ0n) is 14.9. The van der Waals surface area contributed by atoms with Crippen molar-refractivity contribution in [2.75, 3.05) is 19.7 Å². The number of hydrogen-bond donors (Lipinski definition) is 2. The summed E-state index contributed by atoms with van der Waals surface area (Å²) in [6.45, 7) is 3.18. The predicted molar refractivity (Wildman–Crippen MR) is 93.6 cm³/mol. The Morgan fingerprint density at radius 2 is 2.04 bits per heavy atom. The molecule has 1 aromatic carbocycles. The molecule has 1 aliphatic heterocycles. The molecule has 2 atom stereocenters. The Morgan fingerprint density at radius 1 is 1.31 bits per heavy atom. The lowest BCUT2D eigenvalue weighted by molar-refractivity contribution is -0.149. The van der Waals surface area contributed by atoms with Crippen LogP contribution in [0.15, 0.2) is 24.3 Å². The second-order valence-electron chi connectivity index (χ2n) is 7.01. The molecule has 1 heterocycles. The van der Waals surface area contributed by atoms with Crippen molar-refractivity contribution in [2.24, 2.45) is 11.3 Å². The number of carboxylic acid groups (broad SMARTS) is 1. The Balaban J connectivity index is 1.55. The van der Waals surface area contributed by atoms with E-state index in [0.29, 0.717) is 31.7 Å². The van der Waals surface area contributed by atoms with Crippen molar-refractivity contribution < 1.29 is 24.2 Å². The molecule has 0 unspecified atom stereocenters. The summed E-state index contributed by atoms with van der Waals surface area (Å²) < 4.78 is 4.94. The summed E-state index contributed by atoms with van der Waals surface area (Å²) in [6.07, 6.45) is 2.43. The summed E-state index contributed by atoms with van der Waals surface area (Å²) in [7, 11) is 0. The van der Waals surface area contributed by atoms with Crippen molar-refractivity contribution in [2.45, 2.75) is 32.7 Å². The molecule has 1 aromatic rings. The number of nitrogens with zero attached hydrogens (tertiary/aromatic N) is 1. The van der Waals surface area contributed by atoms with Crippen LogP contribution in [0.5, 0.6) is 0 Å². The largest absolute Gasteiger partial charge is 0.481 e. The summed E-state index contributed by atoms with van der Waals surface area (Å²) in [4.78, 5) is 37.4. The number of ether oxygens (including phenoxy) is 1. The summed E-state index contributed by atoms with van der Waals surface area (Å²) in [5, 5.41) is 12.4. The molecule has 7 nitrogen and oxygen atoms in total. The summed E-state index contributed by atoms with van der Waals surface area (Å²) >= 11 is 0. The van der Waals surface area contributed by atoms with E-state index in [1.165, 1.54) is 0 Å². The van der Waals surface area contributed by atoms with Gasteiger partial charge in [0.15, 0.2) is 0 Å². The third kappa shape index (κ3) is 3.38. The first-order valence-corrected chi connectivity index (χ1v) is 8.98. The molecule has 26 heavy (non-hydrogen) atoms. The van der Waals surface area contributed by atoms with Crippen LogP contribution in [0.25, 0.3) is 0 Å². The minimum Gasteiger partial charge on any atom is -0.481 e. The molecule has 140 valence electrons. The topological polar surface area (TPSA) is 95.9 Å². The molecule has 1 saturated carbocycles. The highest BCUT2D eigenvalue weighted by Crippen LogP contribution is 2.48. The van der Waals surface area contributed by atoms with Gasteiger partial charge in [-0.25, -0.2) is 9.59 Å². The van der Waals surface area contributed by atoms with E-state index in [-0.39, 0.29) is 24.5 Å². The van der Waals surface area contributed by atoms with Crippen LogP contribution in [0.4, 0.5) is 4.79 Å². The van der Waals surface area contributed by atoms with E-state index in [1.807, 2.05) is 0 Å². The highest BCUT2D eigenvalue weighted by atomic mass is 16.5. The van der Waals surface area contributed by atoms with Gasteiger partial charge in [-0.2, -0.15) is 0 Å². The van der Waals surface area contributed by atoms with E-state index >= 15 is 0 Å². The molecule has 7 heteroatoms. The molecule has 1 aliphatic carbocycles. The van der Waals surface area contributed by atoms with Gasteiger partial charge in [0.25, 0.3) is 0 Å². The van der Waals surface area contributed by atoms with Crippen LogP contribution in [0.1, 0.15) is 42.1 Å². The Bertz CT molecular complexity index is 702. The minimum atomic E-state index is -0.787. The summed E-state index contributed by atoms with van der Waals surface area (Å²) in [6, 6.07) is 6.63. The number of fused-ring (bicyclic) bond motifs is 1. The number of nitrogens with one attached hydrogen (secondary N) is 1. The van der Waals surface area contributed by atoms with Crippen LogP contribution in [0.2, 0.25) is 0 Å².